The summed E-state index contributed by atoms with van der Waals surface area (Å²) in [6, 6.07) is 14.6. The summed E-state index contributed by atoms with van der Waals surface area (Å²) < 4.78 is 3.20. The van der Waals surface area contributed by atoms with E-state index >= 15 is 0 Å². The predicted octanol–water partition coefficient (Wildman–Crippen LogP) is 4.33. The lowest BCUT2D eigenvalue weighted by molar-refractivity contribution is 0.0738. The lowest BCUT2D eigenvalue weighted by atomic mass is 9.84. The Bertz CT molecular complexity index is 1750. The average molecular weight is 637 g/mol. The smallest absolute Gasteiger partial charge is 0.278 e. The molecule has 5 heterocycles. The van der Waals surface area contributed by atoms with Crippen LogP contribution in [0.25, 0.3) is 16.9 Å². The molecule has 3 aliphatic rings. The van der Waals surface area contributed by atoms with Crippen LogP contribution in [0.15, 0.2) is 66.1 Å². The number of benzene rings is 1. The van der Waals surface area contributed by atoms with Crippen molar-refractivity contribution in [3.63, 3.8) is 0 Å². The van der Waals surface area contributed by atoms with E-state index in [-0.39, 0.29) is 12.1 Å². The molecule has 11 heteroatoms. The van der Waals surface area contributed by atoms with Crippen LogP contribution in [0.4, 0.5) is 17.3 Å². The van der Waals surface area contributed by atoms with Crippen molar-refractivity contribution in [3.8, 4) is 5.82 Å². The van der Waals surface area contributed by atoms with E-state index in [1.807, 2.05) is 18.2 Å². The highest BCUT2D eigenvalue weighted by atomic mass is 16.3. The normalized spacial score (nSPS) is 21.1. The summed E-state index contributed by atoms with van der Waals surface area (Å²) in [5.74, 6) is 1.69. The van der Waals surface area contributed by atoms with Gasteiger partial charge in [0.25, 0.3) is 5.56 Å². The van der Waals surface area contributed by atoms with Gasteiger partial charge in [-0.1, -0.05) is 12.1 Å². The van der Waals surface area contributed by atoms with Crippen LogP contribution in [0.1, 0.15) is 45.2 Å². The molecule has 0 unspecified atom stereocenters. The Balaban J connectivity index is 1.01. The van der Waals surface area contributed by atoms with E-state index < -0.39 is 5.60 Å². The zero-order valence-electron chi connectivity index (χ0n) is 27.6. The molecule has 2 N–H and O–H groups in total. The highest BCUT2D eigenvalue weighted by molar-refractivity contribution is 5.77. The molecule has 7 rings (SSSR count). The van der Waals surface area contributed by atoms with Gasteiger partial charge in [0.15, 0.2) is 11.5 Å². The number of aliphatic hydroxyl groups is 1. The van der Waals surface area contributed by atoms with Crippen molar-refractivity contribution in [3.05, 3.63) is 83.8 Å². The summed E-state index contributed by atoms with van der Waals surface area (Å²) in [5, 5.41) is 14.3. The van der Waals surface area contributed by atoms with Crippen LogP contribution in [0.5, 0.6) is 0 Å². The molecule has 47 heavy (non-hydrogen) atoms. The number of pyridine rings is 1. The van der Waals surface area contributed by atoms with Crippen molar-refractivity contribution < 1.29 is 5.11 Å². The van der Waals surface area contributed by atoms with E-state index in [9.17, 15) is 9.90 Å². The van der Waals surface area contributed by atoms with Crippen LogP contribution in [-0.4, -0.2) is 91.1 Å². The van der Waals surface area contributed by atoms with Crippen molar-refractivity contribution >= 4 is 28.4 Å². The maximum absolute atomic E-state index is 13.3. The third-order valence-electron chi connectivity index (χ3n) is 9.99. The van der Waals surface area contributed by atoms with Gasteiger partial charge in [-0.3, -0.25) is 14.6 Å². The summed E-state index contributed by atoms with van der Waals surface area (Å²) in [6.07, 6.45) is 11.1. The number of likely N-dealkylation sites (tertiary alicyclic amines) is 1. The first-order valence-electron chi connectivity index (χ1n) is 17.0. The van der Waals surface area contributed by atoms with Crippen LogP contribution in [0, 0.1) is 12.3 Å². The molecule has 1 aliphatic carbocycles. The summed E-state index contributed by atoms with van der Waals surface area (Å²) in [5.41, 5.74) is 1.61. The van der Waals surface area contributed by atoms with Gasteiger partial charge in [-0.05, 0) is 88.3 Å². The Labute approximate surface area is 276 Å². The van der Waals surface area contributed by atoms with Crippen LogP contribution in [0.3, 0.4) is 0 Å². The van der Waals surface area contributed by atoms with Gasteiger partial charge < -0.3 is 15.3 Å². The number of piperazine rings is 1. The van der Waals surface area contributed by atoms with E-state index in [0.717, 1.165) is 43.8 Å². The van der Waals surface area contributed by atoms with E-state index in [0.29, 0.717) is 28.5 Å². The molecule has 0 bridgehead atoms. The second kappa shape index (κ2) is 13.2. The Kier molecular flexibility index (Phi) is 8.87. The van der Waals surface area contributed by atoms with Crippen molar-refractivity contribution in [2.24, 2.45) is 5.92 Å². The molecule has 2 aliphatic heterocycles. The zero-order chi connectivity index (χ0) is 32.5. The number of nitrogens with one attached hydrogen (secondary N) is 1. The number of hydrogen-bond acceptors (Lipinski definition) is 9. The van der Waals surface area contributed by atoms with Gasteiger partial charge in [-0.25, -0.2) is 19.3 Å². The predicted molar refractivity (Wildman–Crippen MR) is 186 cm³/mol. The number of allylic oxidation sites excluding steroid dienone is 1. The number of aromatic nitrogens is 5. The third-order valence-corrected chi connectivity index (χ3v) is 9.99. The number of fused-ring (bicyclic) bond motifs is 1. The van der Waals surface area contributed by atoms with E-state index in [1.54, 1.807) is 42.9 Å². The minimum Gasteiger partial charge on any atom is -0.384 e. The first kappa shape index (κ1) is 31.5. The van der Waals surface area contributed by atoms with Gasteiger partial charge in [-0.15, -0.1) is 6.58 Å². The summed E-state index contributed by atoms with van der Waals surface area (Å²) in [7, 11) is 0. The molecule has 1 saturated carbocycles. The van der Waals surface area contributed by atoms with Crippen LogP contribution >= 0.6 is 0 Å². The fourth-order valence-electron chi connectivity index (χ4n) is 7.20. The Hall–Kier alpha value is -4.06. The minimum atomic E-state index is -1.14. The molecule has 1 radical (unpaired) electrons. The summed E-state index contributed by atoms with van der Waals surface area (Å²) >= 11 is 0. The third kappa shape index (κ3) is 6.70. The lowest BCUT2D eigenvalue weighted by Crippen LogP contribution is -2.50. The molecular formula is C36H46N9O2. The van der Waals surface area contributed by atoms with Crippen molar-refractivity contribution in [1.29, 1.82) is 0 Å². The standard InChI is InChI=1S/C36H46N9O2/c1-4-17-44-34(46)30-24-37-35(40-33(30)45(44)32-8-5-7-31(39-32)36(2,3)47)38-27-11-15-29(16-12-27)43-22-20-41(21-23-43)25-26-9-13-28(14-10-26)42-18-6-19-42/h4-8,11-12,15-16,24,26,28,47H,1,9-10,13-14,17-23,25H2,2-3H3,(H,37,38,40). The number of anilines is 3. The molecule has 2 saturated heterocycles. The second-order valence-electron chi connectivity index (χ2n) is 13.7. The SMILES string of the molecule is C=CCn1c(=O)c2cnc(Nc3ccc(N4CCN(CC5CCC(N6C[CH]C6)CC5)CC4)cc3)nc2n1-c1cccc(C(C)(C)O)n1. The molecular weight excluding hydrogens is 590 g/mol. The van der Waals surface area contributed by atoms with Crippen LogP contribution in [-0.2, 0) is 12.1 Å². The first-order chi connectivity index (χ1) is 22.8. The molecule has 0 spiro atoms. The van der Waals surface area contributed by atoms with Crippen molar-refractivity contribution in [1.82, 2.24) is 34.1 Å². The molecule has 11 nitrogen and oxygen atoms in total. The fourth-order valence-corrected chi connectivity index (χ4v) is 7.20. The molecule has 1 aromatic carbocycles. The molecule has 0 amide bonds. The Morgan fingerprint density at radius 3 is 2.40 bits per heavy atom. The van der Waals surface area contributed by atoms with Crippen molar-refractivity contribution in [2.75, 3.05) is 56.0 Å². The second-order valence-corrected chi connectivity index (χ2v) is 13.7. The number of nitrogens with zero attached hydrogens (tertiary/aromatic N) is 8. The monoisotopic (exact) mass is 636 g/mol. The maximum atomic E-state index is 13.3. The van der Waals surface area contributed by atoms with Crippen molar-refractivity contribution in [2.45, 2.75) is 57.7 Å². The average Bonchev–Trinajstić information content (AvgIpc) is 3.32. The highest BCUT2D eigenvalue weighted by Gasteiger charge is 2.30. The molecule has 3 aromatic heterocycles. The Morgan fingerprint density at radius 1 is 1.00 bits per heavy atom. The first-order valence-corrected chi connectivity index (χ1v) is 17.0. The number of hydrogen-bond donors (Lipinski definition) is 2. The highest BCUT2D eigenvalue weighted by Crippen LogP contribution is 2.31. The largest absolute Gasteiger partial charge is 0.384 e. The van der Waals surface area contributed by atoms with Crippen LogP contribution in [0.2, 0.25) is 0 Å². The van der Waals surface area contributed by atoms with E-state index in [1.165, 1.54) is 55.7 Å². The van der Waals surface area contributed by atoms with Gasteiger partial charge in [0.2, 0.25) is 5.95 Å². The summed E-state index contributed by atoms with van der Waals surface area (Å²) in [6.45, 7) is 15.4. The Morgan fingerprint density at radius 2 is 1.74 bits per heavy atom. The zero-order valence-corrected chi connectivity index (χ0v) is 27.6. The quantitative estimate of drug-likeness (QED) is 0.246. The molecule has 4 aromatic rings. The molecule has 247 valence electrons. The van der Waals surface area contributed by atoms with E-state index in [2.05, 4.69) is 55.1 Å². The molecule has 0 atom stereocenters. The van der Waals surface area contributed by atoms with Gasteiger partial charge >= 0.3 is 0 Å². The van der Waals surface area contributed by atoms with Gasteiger partial charge in [0.05, 0.1) is 12.2 Å². The summed E-state index contributed by atoms with van der Waals surface area (Å²) in [4.78, 5) is 35.0. The van der Waals surface area contributed by atoms with E-state index in [4.69, 9.17) is 4.98 Å². The minimum absolute atomic E-state index is 0.236. The fraction of sp³-hybridized carbons (Fsp3) is 0.472. The van der Waals surface area contributed by atoms with Gasteiger partial charge in [0, 0.05) is 69.4 Å². The number of rotatable bonds is 10. The lowest BCUT2D eigenvalue weighted by Gasteiger charge is -2.43. The molecule has 3 fully saturated rings. The van der Waals surface area contributed by atoms with Crippen LogP contribution < -0.4 is 15.8 Å². The van der Waals surface area contributed by atoms with Gasteiger partial charge in [0.1, 0.15) is 11.0 Å². The topological polar surface area (TPSA) is 108 Å². The maximum Gasteiger partial charge on any atom is 0.278 e. The van der Waals surface area contributed by atoms with Gasteiger partial charge in [-0.2, -0.15) is 4.98 Å².